The predicted molar refractivity (Wildman–Crippen MR) is 225 cm³/mol. The molecule has 2 atom stereocenters. The lowest BCUT2D eigenvalue weighted by Gasteiger charge is -2.21. The summed E-state index contributed by atoms with van der Waals surface area (Å²) in [6.45, 7) is 23.1. The first kappa shape index (κ1) is 57.1. The average molecular weight is 799 g/mol. The first-order chi connectivity index (χ1) is 26.2. The number of aliphatic hydroxyl groups excluding tert-OH is 2. The summed E-state index contributed by atoms with van der Waals surface area (Å²) in [6, 6.07) is 8.41. The molecule has 0 bridgehead atoms. The molecule has 0 aliphatic heterocycles. The Kier molecular flexibility index (Phi) is 33.5. The molecule has 0 radical (unpaired) electrons. The van der Waals surface area contributed by atoms with E-state index in [1.165, 1.54) is 57.6 Å². The Hall–Kier alpha value is -3.18. The number of unbranched alkanes of at least 4 members (excludes halogenated alkanes) is 6. The van der Waals surface area contributed by atoms with Crippen molar-refractivity contribution in [2.24, 2.45) is 22.2 Å². The van der Waals surface area contributed by atoms with Crippen molar-refractivity contribution in [3.05, 3.63) is 29.8 Å². The van der Waals surface area contributed by atoms with Crippen LogP contribution in [0.15, 0.2) is 24.3 Å². The van der Waals surface area contributed by atoms with E-state index >= 15 is 0 Å². The van der Waals surface area contributed by atoms with Crippen molar-refractivity contribution >= 4 is 23.9 Å². The second-order valence-corrected chi connectivity index (χ2v) is 16.1. The second-order valence-electron chi connectivity index (χ2n) is 16.1. The van der Waals surface area contributed by atoms with Crippen LogP contribution in [-0.4, -0.2) is 78.8 Å². The number of rotatable bonds is 24. The highest BCUT2D eigenvalue weighted by Gasteiger charge is 2.28. The molecule has 0 fully saturated rings. The minimum Gasteiger partial charge on any atom is -0.493 e. The third-order valence-electron chi connectivity index (χ3n) is 9.95. The van der Waals surface area contributed by atoms with Gasteiger partial charge in [-0.25, -0.2) is 0 Å². The summed E-state index contributed by atoms with van der Waals surface area (Å²) >= 11 is 0. The summed E-state index contributed by atoms with van der Waals surface area (Å²) < 4.78 is 20.3. The van der Waals surface area contributed by atoms with Gasteiger partial charge in [-0.15, -0.1) is 0 Å². The molecule has 328 valence electrons. The predicted octanol–water partition coefficient (Wildman–Crippen LogP) is 9.76. The van der Waals surface area contributed by atoms with E-state index in [9.17, 15) is 19.2 Å². The van der Waals surface area contributed by atoms with Crippen molar-refractivity contribution < 1.29 is 53.4 Å². The average Bonchev–Trinajstić information content (AvgIpc) is 3.19. The number of ether oxygens (including phenoxy) is 4. The fourth-order valence-electron chi connectivity index (χ4n) is 3.91. The summed E-state index contributed by atoms with van der Waals surface area (Å²) in [5.41, 5.74) is 0.0117. The zero-order valence-electron chi connectivity index (χ0n) is 37.6. The summed E-state index contributed by atoms with van der Waals surface area (Å²) in [5, 5.41) is 25.8. The number of aliphatic hydroxyl groups is 2. The van der Waals surface area contributed by atoms with E-state index in [2.05, 4.69) is 23.8 Å². The highest BCUT2D eigenvalue weighted by molar-refractivity contribution is 5.76. The lowest BCUT2D eigenvalue weighted by atomic mass is 9.91. The molecule has 11 nitrogen and oxygen atoms in total. The maximum absolute atomic E-state index is 11.6. The van der Waals surface area contributed by atoms with E-state index in [-0.39, 0.29) is 42.5 Å². The van der Waals surface area contributed by atoms with E-state index in [1.807, 2.05) is 60.6 Å². The topological polar surface area (TPSA) is 166 Å². The smallest absolute Gasteiger partial charge is 0.311 e. The Labute approximate surface area is 340 Å². The van der Waals surface area contributed by atoms with Gasteiger partial charge in [0.2, 0.25) is 0 Å². The lowest BCUT2D eigenvalue weighted by Crippen LogP contribution is -2.30. The SMILES string of the molecule is CCC(C)(C)C(=O)O.CCC(C)(C)C(=O)OC.CCC(C)(C)C(=O)OCC(O)CO.CCCCCCCCCc1ccc(OCCCOC(=O)C(C)CC)cc1. The van der Waals surface area contributed by atoms with Crippen LogP contribution in [0, 0.1) is 22.2 Å². The van der Waals surface area contributed by atoms with Crippen LogP contribution < -0.4 is 4.74 Å². The van der Waals surface area contributed by atoms with Gasteiger partial charge < -0.3 is 34.3 Å². The third-order valence-corrected chi connectivity index (χ3v) is 9.95. The van der Waals surface area contributed by atoms with Crippen LogP contribution in [0.2, 0.25) is 0 Å². The van der Waals surface area contributed by atoms with Gasteiger partial charge in [0.1, 0.15) is 18.5 Å². The molecule has 0 spiro atoms. The molecule has 56 heavy (non-hydrogen) atoms. The number of hydrogen-bond acceptors (Lipinski definition) is 10. The molecule has 1 rings (SSSR count). The van der Waals surface area contributed by atoms with Crippen LogP contribution in [-0.2, 0) is 39.8 Å². The molecule has 3 N–H and O–H groups in total. The first-order valence-corrected chi connectivity index (χ1v) is 20.8. The van der Waals surface area contributed by atoms with Gasteiger partial charge in [0.25, 0.3) is 0 Å². The summed E-state index contributed by atoms with van der Waals surface area (Å²) in [5.74, 6) is -0.434. The quantitative estimate of drug-likeness (QED) is 0.0518. The number of carboxylic acids is 1. The zero-order valence-corrected chi connectivity index (χ0v) is 37.6. The standard InChI is InChI=1S/C23H38O3.C9H18O4.C7H14O2.C6H12O2/c1-4-6-7-8-9-10-11-13-21-14-16-22(17-15-21)25-18-12-19-26-23(24)20(3)5-2;1-4-9(2,3)8(12)13-6-7(11)5-10;1-5-7(2,3)6(8)9-4;1-4-6(2,3)5(7)8/h14-17,20H,4-13,18-19H2,1-3H3;7,10-11H,4-6H2,1-3H3;5H2,1-4H3;4H2,1-3H3,(H,7,8). The van der Waals surface area contributed by atoms with Crippen LogP contribution in [0.4, 0.5) is 0 Å². The van der Waals surface area contributed by atoms with Crippen LogP contribution in [0.1, 0.15) is 166 Å². The molecule has 0 amide bonds. The molecular formula is C45H82O11. The van der Waals surface area contributed by atoms with E-state index < -0.39 is 22.9 Å². The van der Waals surface area contributed by atoms with E-state index in [1.54, 1.807) is 27.7 Å². The van der Waals surface area contributed by atoms with Crippen molar-refractivity contribution in [2.75, 3.05) is 33.5 Å². The number of benzene rings is 1. The maximum Gasteiger partial charge on any atom is 0.311 e. The Morgan fingerprint density at radius 2 is 1.18 bits per heavy atom. The normalized spacial score (nSPS) is 12.2. The lowest BCUT2D eigenvalue weighted by molar-refractivity contribution is -0.157. The second kappa shape index (κ2) is 32.9. The van der Waals surface area contributed by atoms with Crippen molar-refractivity contribution in [3.63, 3.8) is 0 Å². The maximum atomic E-state index is 11.6. The fourth-order valence-corrected chi connectivity index (χ4v) is 3.91. The van der Waals surface area contributed by atoms with Gasteiger partial charge >= 0.3 is 23.9 Å². The van der Waals surface area contributed by atoms with Gasteiger partial charge in [-0.3, -0.25) is 19.2 Å². The van der Waals surface area contributed by atoms with Gasteiger partial charge in [0.15, 0.2) is 0 Å². The minimum atomic E-state index is -0.975. The summed E-state index contributed by atoms with van der Waals surface area (Å²) in [7, 11) is 1.42. The number of methoxy groups -OCH3 is 1. The van der Waals surface area contributed by atoms with Crippen molar-refractivity contribution in [1.82, 2.24) is 0 Å². The highest BCUT2D eigenvalue weighted by atomic mass is 16.5. The molecule has 0 aromatic heterocycles. The Bertz CT molecular complexity index is 1160. The molecule has 1 aromatic carbocycles. The monoisotopic (exact) mass is 799 g/mol. The van der Waals surface area contributed by atoms with Gasteiger partial charge in [-0.2, -0.15) is 0 Å². The summed E-state index contributed by atoms with van der Waals surface area (Å²) in [4.78, 5) is 44.0. The van der Waals surface area contributed by atoms with Gasteiger partial charge in [0, 0.05) is 6.42 Å². The highest BCUT2D eigenvalue weighted by Crippen LogP contribution is 2.22. The Morgan fingerprint density at radius 1 is 0.679 bits per heavy atom. The van der Waals surface area contributed by atoms with E-state index in [4.69, 9.17) is 29.5 Å². The Morgan fingerprint density at radius 3 is 1.59 bits per heavy atom. The van der Waals surface area contributed by atoms with Crippen molar-refractivity contribution in [2.45, 2.75) is 173 Å². The van der Waals surface area contributed by atoms with Gasteiger partial charge in [-0.1, -0.05) is 92.2 Å². The zero-order chi connectivity index (χ0) is 43.8. The van der Waals surface area contributed by atoms with Crippen LogP contribution >= 0.6 is 0 Å². The largest absolute Gasteiger partial charge is 0.493 e. The molecule has 0 aliphatic rings. The number of carboxylic acid groups (broad SMARTS) is 1. The summed E-state index contributed by atoms with van der Waals surface area (Å²) in [6.07, 6.45) is 13.3. The molecule has 0 saturated carbocycles. The van der Waals surface area contributed by atoms with Crippen LogP contribution in [0.25, 0.3) is 0 Å². The van der Waals surface area contributed by atoms with Crippen LogP contribution in [0.5, 0.6) is 5.75 Å². The number of carbonyl (C=O) groups excluding carboxylic acids is 3. The molecule has 0 aliphatic carbocycles. The molecule has 2 unspecified atom stereocenters. The van der Waals surface area contributed by atoms with E-state index in [0.29, 0.717) is 26.1 Å². The van der Waals surface area contributed by atoms with Crippen molar-refractivity contribution in [3.8, 4) is 5.75 Å². The fraction of sp³-hybridized carbons (Fsp3) is 0.778. The number of aliphatic carboxylic acids is 1. The third kappa shape index (κ3) is 29.1. The molecule has 11 heteroatoms. The van der Waals surface area contributed by atoms with E-state index in [0.717, 1.165) is 31.4 Å². The number of carbonyl (C=O) groups is 4. The molecular weight excluding hydrogens is 716 g/mol. The first-order valence-electron chi connectivity index (χ1n) is 20.8. The number of esters is 3. The van der Waals surface area contributed by atoms with Gasteiger partial charge in [-0.05, 0) is 97.8 Å². The molecule has 1 aromatic rings. The number of aryl methyl sites for hydroxylation is 1. The molecule has 0 saturated heterocycles. The van der Waals surface area contributed by atoms with Crippen molar-refractivity contribution in [1.29, 1.82) is 0 Å². The van der Waals surface area contributed by atoms with Gasteiger partial charge in [0.05, 0.1) is 49.1 Å². The van der Waals surface area contributed by atoms with Crippen LogP contribution in [0.3, 0.4) is 0 Å². The minimum absolute atomic E-state index is 0.0141. The Balaban J connectivity index is -0.000000775. The number of hydrogen-bond donors (Lipinski definition) is 3. The molecule has 0 heterocycles.